The molecule has 7 aromatic carbocycles. The minimum Gasteiger partial charge on any atom is -0.486 e. The number of nitrogens with zero attached hydrogens (tertiary/aromatic N) is 1. The van der Waals surface area contributed by atoms with Crippen molar-refractivity contribution in [3.05, 3.63) is 154 Å². The molecule has 0 heterocycles. The Morgan fingerprint density at radius 2 is 1.31 bits per heavy atom. The van der Waals surface area contributed by atoms with Gasteiger partial charge in [0.1, 0.15) is 12.4 Å². The van der Waals surface area contributed by atoms with E-state index in [4.69, 9.17) is 4.74 Å². The average Bonchev–Trinajstić information content (AvgIpc) is 3.04. The van der Waals surface area contributed by atoms with Crippen molar-refractivity contribution in [3.8, 4) is 5.75 Å². The number of nitrogens with one attached hydrogen (secondary N) is 1. The average molecular weight is 549 g/mol. The lowest BCUT2D eigenvalue weighted by Crippen LogP contribution is -2.03. The molecule has 0 unspecified atom stereocenters. The van der Waals surface area contributed by atoms with Gasteiger partial charge in [0.25, 0.3) is 5.69 Å². The third-order valence-electron chi connectivity index (χ3n) is 7.62. The zero-order valence-corrected chi connectivity index (χ0v) is 22.4. The van der Waals surface area contributed by atoms with Crippen molar-refractivity contribution in [2.75, 3.05) is 5.32 Å². The van der Waals surface area contributed by atoms with Crippen LogP contribution in [0.3, 0.4) is 0 Å². The molecule has 42 heavy (non-hydrogen) atoms. The van der Waals surface area contributed by atoms with E-state index in [0.717, 1.165) is 22.0 Å². The van der Waals surface area contributed by atoms with E-state index >= 15 is 0 Å². The summed E-state index contributed by atoms with van der Waals surface area (Å²) in [4.78, 5) is 23.9. The normalized spacial score (nSPS) is 11.2. The molecule has 1 N–H and O–H groups in total. The fourth-order valence-electron chi connectivity index (χ4n) is 5.51. The lowest BCUT2D eigenvalue weighted by Gasteiger charge is -2.17. The highest BCUT2D eigenvalue weighted by molar-refractivity contribution is 6.25. The number of carbonyl (C=O) groups excluding carboxylic acids is 1. The number of hydrogen-bond donors (Lipinski definition) is 1. The van der Waals surface area contributed by atoms with Crippen LogP contribution < -0.4 is 10.1 Å². The lowest BCUT2D eigenvalue weighted by atomic mass is 9.93. The molecule has 0 amide bonds. The lowest BCUT2D eigenvalue weighted by molar-refractivity contribution is -0.384. The van der Waals surface area contributed by atoms with Crippen molar-refractivity contribution in [2.45, 2.75) is 6.61 Å². The van der Waals surface area contributed by atoms with Crippen LogP contribution in [0.15, 0.2) is 127 Å². The molecule has 0 bridgehead atoms. The zero-order valence-electron chi connectivity index (χ0n) is 22.4. The Bertz CT molecular complexity index is 2090. The Labute approximate surface area is 241 Å². The van der Waals surface area contributed by atoms with Gasteiger partial charge in [-0.25, -0.2) is 0 Å². The van der Waals surface area contributed by atoms with Gasteiger partial charge in [-0.3, -0.25) is 14.9 Å². The van der Waals surface area contributed by atoms with E-state index in [1.165, 1.54) is 33.7 Å². The predicted molar refractivity (Wildman–Crippen MR) is 167 cm³/mol. The number of hydrogen-bond acceptors (Lipinski definition) is 5. The summed E-state index contributed by atoms with van der Waals surface area (Å²) in [7, 11) is 0. The molecule has 7 aromatic rings. The molecule has 0 spiro atoms. The van der Waals surface area contributed by atoms with Gasteiger partial charge < -0.3 is 10.1 Å². The van der Waals surface area contributed by atoms with Crippen LogP contribution in [0, 0.1) is 10.1 Å². The highest BCUT2D eigenvalue weighted by Crippen LogP contribution is 2.40. The van der Waals surface area contributed by atoms with E-state index in [9.17, 15) is 14.9 Å². The summed E-state index contributed by atoms with van der Waals surface area (Å²) in [6.45, 7) is 0.175. The molecule has 0 aromatic heterocycles. The van der Waals surface area contributed by atoms with Crippen molar-refractivity contribution in [3.63, 3.8) is 0 Å². The Morgan fingerprint density at radius 1 is 0.667 bits per heavy atom. The first-order valence-corrected chi connectivity index (χ1v) is 13.6. The molecule has 0 aliphatic rings. The molecule has 0 saturated carbocycles. The second-order valence-electron chi connectivity index (χ2n) is 10.2. The number of ether oxygens (including phenoxy) is 1. The zero-order chi connectivity index (χ0) is 28.6. The first-order chi connectivity index (χ1) is 20.5. The maximum Gasteiger partial charge on any atom is 0.273 e. The van der Waals surface area contributed by atoms with E-state index in [1.807, 2.05) is 36.4 Å². The summed E-state index contributed by atoms with van der Waals surface area (Å²) in [6, 6.07) is 39.8. The van der Waals surface area contributed by atoms with Gasteiger partial charge in [-0.1, -0.05) is 103 Å². The number of ketones is 1. The molecule has 6 nitrogen and oxygen atoms in total. The smallest absolute Gasteiger partial charge is 0.273 e. The molecule has 0 atom stereocenters. The van der Waals surface area contributed by atoms with Gasteiger partial charge in [0.05, 0.1) is 16.7 Å². The van der Waals surface area contributed by atoms with Gasteiger partial charge in [-0.05, 0) is 44.6 Å². The van der Waals surface area contributed by atoms with Crippen LogP contribution in [-0.4, -0.2) is 10.7 Å². The third-order valence-corrected chi connectivity index (χ3v) is 7.62. The number of nitro groups is 1. The van der Waals surface area contributed by atoms with Crippen LogP contribution in [0.5, 0.6) is 5.75 Å². The maximum absolute atomic E-state index is 12.8. The third kappa shape index (κ3) is 4.55. The fourth-order valence-corrected chi connectivity index (χ4v) is 5.51. The first kappa shape index (κ1) is 25.2. The van der Waals surface area contributed by atoms with Crippen molar-refractivity contribution in [1.82, 2.24) is 0 Å². The van der Waals surface area contributed by atoms with Gasteiger partial charge in [0.2, 0.25) is 0 Å². The topological polar surface area (TPSA) is 81.5 Å². The second kappa shape index (κ2) is 10.3. The monoisotopic (exact) mass is 548 g/mol. The Morgan fingerprint density at radius 3 is 2.05 bits per heavy atom. The fraction of sp³-hybridized carbons (Fsp3) is 0.0278. The molecule has 6 heteroatoms. The summed E-state index contributed by atoms with van der Waals surface area (Å²) in [5.74, 6) is 0.306. The van der Waals surface area contributed by atoms with Crippen molar-refractivity contribution in [2.24, 2.45) is 0 Å². The molecule has 0 saturated heterocycles. The van der Waals surface area contributed by atoms with Crippen molar-refractivity contribution < 1.29 is 14.5 Å². The number of carbonyl (C=O) groups is 1. The summed E-state index contributed by atoms with van der Waals surface area (Å²) in [6.07, 6.45) is 0. The highest BCUT2D eigenvalue weighted by Gasteiger charge is 2.16. The molecular weight excluding hydrogens is 524 g/mol. The van der Waals surface area contributed by atoms with Crippen molar-refractivity contribution in [1.29, 1.82) is 0 Å². The van der Waals surface area contributed by atoms with Crippen LogP contribution in [0.2, 0.25) is 0 Å². The highest BCUT2D eigenvalue weighted by atomic mass is 16.6. The van der Waals surface area contributed by atoms with Crippen LogP contribution in [0.4, 0.5) is 17.1 Å². The number of nitro benzene ring substituents is 1. The maximum atomic E-state index is 12.8. The van der Waals surface area contributed by atoms with Crippen LogP contribution in [0.1, 0.15) is 21.5 Å². The van der Waals surface area contributed by atoms with E-state index in [1.54, 1.807) is 30.3 Å². The Kier molecular flexibility index (Phi) is 6.21. The molecule has 202 valence electrons. The van der Waals surface area contributed by atoms with Crippen LogP contribution in [0.25, 0.3) is 32.3 Å². The van der Waals surface area contributed by atoms with Gasteiger partial charge >= 0.3 is 0 Å². The van der Waals surface area contributed by atoms with Gasteiger partial charge in [0, 0.05) is 28.3 Å². The predicted octanol–water partition coefficient (Wildman–Crippen LogP) is 9.05. The molecular formula is C36H24N2O4. The summed E-state index contributed by atoms with van der Waals surface area (Å²) in [5, 5.41) is 22.0. The van der Waals surface area contributed by atoms with Gasteiger partial charge in [-0.2, -0.15) is 0 Å². The number of anilines is 2. The number of rotatable bonds is 8. The first-order valence-electron chi connectivity index (χ1n) is 13.6. The minimum atomic E-state index is -0.434. The summed E-state index contributed by atoms with van der Waals surface area (Å²) >= 11 is 0. The molecule has 0 aliphatic heterocycles. The summed E-state index contributed by atoms with van der Waals surface area (Å²) < 4.78 is 6.14. The Balaban J connectivity index is 1.19. The molecule has 0 aliphatic carbocycles. The quantitative estimate of drug-likeness (QED) is 0.0887. The second-order valence-corrected chi connectivity index (χ2v) is 10.2. The van der Waals surface area contributed by atoms with Gasteiger partial charge in [-0.15, -0.1) is 0 Å². The summed E-state index contributed by atoms with van der Waals surface area (Å²) in [5.41, 5.74) is 3.47. The largest absolute Gasteiger partial charge is 0.486 e. The van der Waals surface area contributed by atoms with E-state index < -0.39 is 4.92 Å². The molecule has 0 radical (unpaired) electrons. The van der Waals surface area contributed by atoms with Crippen molar-refractivity contribution >= 4 is 55.2 Å². The minimum absolute atomic E-state index is 0.0541. The van der Waals surface area contributed by atoms with Gasteiger partial charge in [0.15, 0.2) is 5.78 Å². The van der Waals surface area contributed by atoms with E-state index in [0.29, 0.717) is 22.6 Å². The van der Waals surface area contributed by atoms with Crippen LogP contribution in [-0.2, 0) is 6.61 Å². The molecule has 0 fully saturated rings. The Hall–Kier alpha value is -5.75. The standard InChI is InChI=1S/C36H24N2O4/c39-36(27-5-2-1-3-6-27)28-11-9-23(10-12-28)22-42-33-21-29(38(40)41)17-20-32(33)37-31-19-16-26-14-13-24-7-4-8-25-15-18-30(31)35(26)34(24)25/h1-21,37H,22H2. The van der Waals surface area contributed by atoms with Crippen LogP contribution >= 0.6 is 0 Å². The van der Waals surface area contributed by atoms with E-state index in [-0.39, 0.29) is 18.1 Å². The molecule has 7 rings (SSSR count). The van der Waals surface area contributed by atoms with E-state index in [2.05, 4.69) is 53.8 Å². The number of non-ortho nitro benzene ring substituents is 1. The SMILES string of the molecule is O=C(c1ccccc1)c1ccc(COc2cc([N+](=O)[O-])ccc2Nc2ccc3ccc4cccc5ccc2c3c45)cc1. The number of benzene rings is 7.